The third-order valence-electron chi connectivity index (χ3n) is 4.46. The van der Waals surface area contributed by atoms with Gasteiger partial charge in [-0.15, -0.1) is 10.2 Å². The Hall–Kier alpha value is -2.43. The summed E-state index contributed by atoms with van der Waals surface area (Å²) in [7, 11) is 0. The number of carbonyl (C=O) groups is 1. The van der Waals surface area contributed by atoms with E-state index >= 15 is 0 Å². The van der Waals surface area contributed by atoms with Gasteiger partial charge in [0.1, 0.15) is 5.75 Å². The SMILES string of the molecule is CCn1c(SCC(=O)Nc2ccc(Cl)cc2C(F)(F)F)nnc1C(C)Oc1ccccc1Cl. The third kappa shape index (κ3) is 6.33. The first-order valence-electron chi connectivity index (χ1n) is 9.73. The van der Waals surface area contributed by atoms with Crippen molar-refractivity contribution in [3.05, 3.63) is 63.9 Å². The standard InChI is InChI=1S/C21H19Cl2F3N4O2S/c1-3-30-19(12(2)32-17-7-5-4-6-15(17)23)28-29-20(30)33-11-18(31)27-16-9-8-13(22)10-14(16)21(24,25)26/h4-10,12H,3,11H2,1-2H3,(H,27,31). The summed E-state index contributed by atoms with van der Waals surface area (Å²) in [6, 6.07) is 10.2. The summed E-state index contributed by atoms with van der Waals surface area (Å²) in [5.41, 5.74) is -1.38. The van der Waals surface area contributed by atoms with E-state index in [-0.39, 0.29) is 16.5 Å². The van der Waals surface area contributed by atoms with Crippen LogP contribution in [0.1, 0.15) is 31.3 Å². The minimum atomic E-state index is -4.66. The molecule has 0 radical (unpaired) electrons. The average molecular weight is 519 g/mol. The van der Waals surface area contributed by atoms with Gasteiger partial charge in [0.25, 0.3) is 0 Å². The van der Waals surface area contributed by atoms with E-state index in [0.717, 1.165) is 23.9 Å². The van der Waals surface area contributed by atoms with Crippen LogP contribution in [-0.4, -0.2) is 26.4 Å². The number of benzene rings is 2. The molecule has 12 heteroatoms. The normalized spacial score (nSPS) is 12.5. The molecular weight excluding hydrogens is 500 g/mol. The molecule has 6 nitrogen and oxygen atoms in total. The molecule has 0 fully saturated rings. The van der Waals surface area contributed by atoms with Crippen LogP contribution in [0, 0.1) is 0 Å². The Morgan fingerprint density at radius 3 is 2.61 bits per heavy atom. The molecule has 33 heavy (non-hydrogen) atoms. The van der Waals surface area contributed by atoms with Crippen molar-refractivity contribution in [1.82, 2.24) is 14.8 Å². The molecule has 0 bridgehead atoms. The van der Waals surface area contributed by atoms with Gasteiger partial charge in [0.05, 0.1) is 22.0 Å². The minimum absolute atomic E-state index is 0.0774. The lowest BCUT2D eigenvalue weighted by Gasteiger charge is -2.16. The van der Waals surface area contributed by atoms with Crippen molar-refractivity contribution in [2.45, 2.75) is 37.8 Å². The van der Waals surface area contributed by atoms with E-state index in [9.17, 15) is 18.0 Å². The van der Waals surface area contributed by atoms with Gasteiger partial charge in [-0.2, -0.15) is 13.2 Å². The van der Waals surface area contributed by atoms with Gasteiger partial charge in [-0.25, -0.2) is 0 Å². The summed E-state index contributed by atoms with van der Waals surface area (Å²) in [6.45, 7) is 4.17. The van der Waals surface area contributed by atoms with E-state index in [1.165, 1.54) is 6.07 Å². The quantitative estimate of drug-likeness (QED) is 0.345. The number of nitrogens with one attached hydrogen (secondary N) is 1. The summed E-state index contributed by atoms with van der Waals surface area (Å²) in [6.07, 6.45) is -5.14. The number of nitrogens with zero attached hydrogens (tertiary/aromatic N) is 3. The zero-order chi connectivity index (χ0) is 24.2. The molecule has 0 saturated carbocycles. The Morgan fingerprint density at radius 2 is 1.94 bits per heavy atom. The van der Waals surface area contributed by atoms with Crippen LogP contribution < -0.4 is 10.1 Å². The van der Waals surface area contributed by atoms with Crippen LogP contribution in [0.5, 0.6) is 5.75 Å². The molecule has 1 amide bonds. The lowest BCUT2D eigenvalue weighted by molar-refractivity contribution is -0.137. The predicted molar refractivity (Wildman–Crippen MR) is 122 cm³/mol. The van der Waals surface area contributed by atoms with Gasteiger partial charge in [0, 0.05) is 11.6 Å². The van der Waals surface area contributed by atoms with Crippen molar-refractivity contribution < 1.29 is 22.7 Å². The van der Waals surface area contributed by atoms with Gasteiger partial charge < -0.3 is 14.6 Å². The summed E-state index contributed by atoms with van der Waals surface area (Å²) in [5.74, 6) is 0.227. The molecular formula is C21H19Cl2F3N4O2S. The van der Waals surface area contributed by atoms with E-state index in [2.05, 4.69) is 15.5 Å². The Morgan fingerprint density at radius 1 is 1.21 bits per heavy atom. The van der Waals surface area contributed by atoms with Crippen molar-refractivity contribution in [3.8, 4) is 5.75 Å². The van der Waals surface area contributed by atoms with Crippen LogP contribution in [0.25, 0.3) is 0 Å². The molecule has 1 N–H and O–H groups in total. The highest BCUT2D eigenvalue weighted by Crippen LogP contribution is 2.36. The summed E-state index contributed by atoms with van der Waals surface area (Å²) >= 11 is 12.9. The van der Waals surface area contributed by atoms with Crippen LogP contribution >= 0.6 is 35.0 Å². The predicted octanol–water partition coefficient (Wildman–Crippen LogP) is 6.49. The molecule has 176 valence electrons. The number of anilines is 1. The molecule has 0 spiro atoms. The maximum atomic E-state index is 13.2. The summed E-state index contributed by atoms with van der Waals surface area (Å²) < 4.78 is 47.3. The van der Waals surface area contributed by atoms with E-state index in [0.29, 0.717) is 28.3 Å². The highest BCUT2D eigenvalue weighted by atomic mass is 35.5. The molecule has 3 rings (SSSR count). The zero-order valence-corrected chi connectivity index (χ0v) is 19.8. The lowest BCUT2D eigenvalue weighted by Crippen LogP contribution is -2.18. The van der Waals surface area contributed by atoms with Crippen LogP contribution in [0.2, 0.25) is 10.0 Å². The molecule has 0 aliphatic heterocycles. The second-order valence-electron chi connectivity index (χ2n) is 6.80. The van der Waals surface area contributed by atoms with Crippen LogP contribution in [0.4, 0.5) is 18.9 Å². The Labute approximate surface area is 202 Å². The van der Waals surface area contributed by atoms with Crippen LogP contribution in [0.15, 0.2) is 47.6 Å². The van der Waals surface area contributed by atoms with Gasteiger partial charge >= 0.3 is 6.18 Å². The van der Waals surface area contributed by atoms with Crippen molar-refractivity contribution in [2.24, 2.45) is 0 Å². The van der Waals surface area contributed by atoms with Crippen molar-refractivity contribution >= 4 is 46.6 Å². The number of carbonyl (C=O) groups excluding carboxylic acids is 1. The third-order valence-corrected chi connectivity index (χ3v) is 5.97. The molecule has 1 atom stereocenters. The summed E-state index contributed by atoms with van der Waals surface area (Å²) in [4.78, 5) is 12.3. The second-order valence-corrected chi connectivity index (χ2v) is 8.59. The Balaban J connectivity index is 1.68. The molecule has 0 saturated heterocycles. The van der Waals surface area contributed by atoms with Gasteiger partial charge in [-0.3, -0.25) is 4.79 Å². The van der Waals surface area contributed by atoms with Gasteiger partial charge in [-0.1, -0.05) is 47.1 Å². The summed E-state index contributed by atoms with van der Waals surface area (Å²) in [5, 5.41) is 11.4. The fraction of sp³-hybridized carbons (Fsp3) is 0.286. The molecule has 3 aromatic rings. The fourth-order valence-electron chi connectivity index (χ4n) is 2.96. The molecule has 1 unspecified atom stereocenters. The van der Waals surface area contributed by atoms with Crippen molar-refractivity contribution in [1.29, 1.82) is 0 Å². The minimum Gasteiger partial charge on any atom is -0.481 e. The number of rotatable bonds is 8. The first-order chi connectivity index (χ1) is 15.6. The van der Waals surface area contributed by atoms with E-state index < -0.39 is 23.8 Å². The maximum Gasteiger partial charge on any atom is 0.418 e. The van der Waals surface area contributed by atoms with E-state index in [1.54, 1.807) is 35.8 Å². The number of hydrogen-bond donors (Lipinski definition) is 1. The number of aromatic nitrogens is 3. The Kier molecular flexibility index (Phi) is 8.14. The number of para-hydroxylation sites is 1. The fourth-order valence-corrected chi connectivity index (χ4v) is 4.13. The molecule has 2 aromatic carbocycles. The number of hydrogen-bond acceptors (Lipinski definition) is 5. The maximum absolute atomic E-state index is 13.2. The first-order valence-corrected chi connectivity index (χ1v) is 11.5. The largest absolute Gasteiger partial charge is 0.481 e. The molecule has 0 aliphatic carbocycles. The van der Waals surface area contributed by atoms with Crippen LogP contribution in [0.3, 0.4) is 0 Å². The van der Waals surface area contributed by atoms with Gasteiger partial charge in [0.2, 0.25) is 5.91 Å². The van der Waals surface area contributed by atoms with E-state index in [1.807, 2.05) is 6.92 Å². The average Bonchev–Trinajstić information content (AvgIpc) is 3.17. The number of thioether (sulfide) groups is 1. The monoisotopic (exact) mass is 518 g/mol. The Bertz CT molecular complexity index is 1140. The topological polar surface area (TPSA) is 69.0 Å². The lowest BCUT2D eigenvalue weighted by atomic mass is 10.1. The van der Waals surface area contributed by atoms with Gasteiger partial charge in [-0.05, 0) is 44.2 Å². The van der Waals surface area contributed by atoms with Crippen molar-refractivity contribution in [3.63, 3.8) is 0 Å². The van der Waals surface area contributed by atoms with E-state index in [4.69, 9.17) is 27.9 Å². The highest BCUT2D eigenvalue weighted by Gasteiger charge is 2.34. The number of alkyl halides is 3. The molecule has 1 heterocycles. The molecule has 0 aliphatic rings. The van der Waals surface area contributed by atoms with Crippen molar-refractivity contribution in [2.75, 3.05) is 11.1 Å². The second kappa shape index (κ2) is 10.7. The van der Waals surface area contributed by atoms with Gasteiger partial charge in [0.15, 0.2) is 17.1 Å². The highest BCUT2D eigenvalue weighted by molar-refractivity contribution is 7.99. The number of amides is 1. The first kappa shape index (κ1) is 25.2. The number of ether oxygens (including phenoxy) is 1. The molecule has 1 aromatic heterocycles. The number of halogens is 5. The zero-order valence-electron chi connectivity index (χ0n) is 17.5. The van der Waals surface area contributed by atoms with Crippen LogP contribution in [-0.2, 0) is 17.5 Å². The smallest absolute Gasteiger partial charge is 0.418 e.